The van der Waals surface area contributed by atoms with Crippen LogP contribution in [0.15, 0.2) is 15.7 Å². The molecule has 2 heterocycles. The van der Waals surface area contributed by atoms with E-state index in [1.165, 1.54) is 11.3 Å². The number of amides is 1. The summed E-state index contributed by atoms with van der Waals surface area (Å²) in [6, 6.07) is 1.75. The second kappa shape index (κ2) is 6.91. The SMILES string of the molecule is CCCN(CCC)C(=O)Cn1c(=O)[nH]c2sc(C)cc2c1=O. The zero-order valence-corrected chi connectivity index (χ0v) is 14.0. The first-order valence-electron chi connectivity index (χ1n) is 7.49. The van der Waals surface area contributed by atoms with E-state index in [0.717, 1.165) is 22.3 Å². The quantitative estimate of drug-likeness (QED) is 0.879. The summed E-state index contributed by atoms with van der Waals surface area (Å²) < 4.78 is 0.995. The van der Waals surface area contributed by atoms with Crippen molar-refractivity contribution in [2.24, 2.45) is 0 Å². The van der Waals surface area contributed by atoms with Crippen molar-refractivity contribution in [1.82, 2.24) is 14.5 Å². The number of nitrogens with one attached hydrogen (secondary N) is 1. The van der Waals surface area contributed by atoms with E-state index in [2.05, 4.69) is 4.98 Å². The number of H-pyrrole nitrogens is 1. The van der Waals surface area contributed by atoms with Crippen LogP contribution in [0.5, 0.6) is 0 Å². The summed E-state index contributed by atoms with van der Waals surface area (Å²) in [5.41, 5.74) is -0.926. The fourth-order valence-electron chi connectivity index (χ4n) is 2.45. The number of aromatic amines is 1. The maximum absolute atomic E-state index is 12.4. The summed E-state index contributed by atoms with van der Waals surface area (Å²) in [6.07, 6.45) is 1.69. The van der Waals surface area contributed by atoms with E-state index in [4.69, 9.17) is 0 Å². The lowest BCUT2D eigenvalue weighted by Crippen LogP contribution is -2.42. The first-order valence-corrected chi connectivity index (χ1v) is 8.30. The fraction of sp³-hybridized carbons (Fsp3) is 0.533. The van der Waals surface area contributed by atoms with Gasteiger partial charge in [0.05, 0.1) is 5.39 Å². The minimum absolute atomic E-state index is 0.192. The molecule has 1 amide bonds. The van der Waals surface area contributed by atoms with Crippen molar-refractivity contribution in [3.8, 4) is 0 Å². The number of nitrogens with zero attached hydrogens (tertiary/aromatic N) is 2. The number of aromatic nitrogens is 2. The van der Waals surface area contributed by atoms with Crippen LogP contribution in [-0.4, -0.2) is 33.4 Å². The van der Waals surface area contributed by atoms with Gasteiger partial charge in [0.25, 0.3) is 5.56 Å². The Morgan fingerprint density at radius 1 is 1.27 bits per heavy atom. The summed E-state index contributed by atoms with van der Waals surface area (Å²) in [5, 5.41) is 0.465. The van der Waals surface area contributed by atoms with Crippen LogP contribution in [0.4, 0.5) is 0 Å². The van der Waals surface area contributed by atoms with Crippen molar-refractivity contribution >= 4 is 27.5 Å². The molecule has 0 saturated carbocycles. The van der Waals surface area contributed by atoms with Gasteiger partial charge in [-0.1, -0.05) is 13.8 Å². The first-order chi connectivity index (χ1) is 10.5. The molecule has 0 atom stereocenters. The standard InChI is InChI=1S/C15H21N3O3S/c1-4-6-17(7-5-2)12(19)9-18-14(20)11-8-10(3)22-13(11)16-15(18)21/h8H,4-7,9H2,1-3H3,(H,16,21). The maximum atomic E-state index is 12.4. The number of carbonyl (C=O) groups is 1. The lowest BCUT2D eigenvalue weighted by atomic mass is 10.3. The van der Waals surface area contributed by atoms with Gasteiger partial charge in [-0.25, -0.2) is 4.79 Å². The second-order valence-electron chi connectivity index (χ2n) is 5.30. The van der Waals surface area contributed by atoms with Gasteiger partial charge in [0, 0.05) is 18.0 Å². The van der Waals surface area contributed by atoms with Gasteiger partial charge < -0.3 is 4.90 Å². The molecule has 2 aromatic rings. The molecule has 0 radical (unpaired) electrons. The molecule has 0 spiro atoms. The third kappa shape index (κ3) is 3.30. The highest BCUT2D eigenvalue weighted by molar-refractivity contribution is 7.18. The number of hydrogen-bond acceptors (Lipinski definition) is 4. The van der Waals surface area contributed by atoms with Crippen LogP contribution in [0.1, 0.15) is 31.6 Å². The van der Waals surface area contributed by atoms with Crippen LogP contribution in [0.3, 0.4) is 0 Å². The summed E-state index contributed by atoms with van der Waals surface area (Å²) in [7, 11) is 0. The summed E-state index contributed by atoms with van der Waals surface area (Å²) >= 11 is 1.37. The Kier molecular flexibility index (Phi) is 5.18. The van der Waals surface area contributed by atoms with E-state index < -0.39 is 11.2 Å². The van der Waals surface area contributed by atoms with Gasteiger partial charge in [-0.05, 0) is 25.8 Å². The largest absolute Gasteiger partial charge is 0.341 e. The topological polar surface area (TPSA) is 75.2 Å². The van der Waals surface area contributed by atoms with Crippen molar-refractivity contribution in [2.75, 3.05) is 13.1 Å². The predicted octanol–water partition coefficient (Wildman–Crippen LogP) is 1.71. The highest BCUT2D eigenvalue weighted by Crippen LogP contribution is 2.18. The van der Waals surface area contributed by atoms with Gasteiger partial charge in [0.15, 0.2) is 0 Å². The fourth-order valence-corrected chi connectivity index (χ4v) is 3.34. The molecule has 0 unspecified atom stereocenters. The van der Waals surface area contributed by atoms with E-state index in [9.17, 15) is 14.4 Å². The van der Waals surface area contributed by atoms with E-state index in [1.807, 2.05) is 20.8 Å². The Bertz CT molecular complexity index is 781. The maximum Gasteiger partial charge on any atom is 0.329 e. The lowest BCUT2D eigenvalue weighted by molar-refractivity contribution is -0.132. The Balaban J connectivity index is 2.36. The monoisotopic (exact) mass is 323 g/mol. The van der Waals surface area contributed by atoms with Gasteiger partial charge in [-0.3, -0.25) is 19.1 Å². The number of aryl methyl sites for hydroxylation is 1. The van der Waals surface area contributed by atoms with Crippen molar-refractivity contribution in [1.29, 1.82) is 0 Å². The summed E-state index contributed by atoms with van der Waals surface area (Å²) in [4.78, 5) is 42.8. The van der Waals surface area contributed by atoms with Crippen LogP contribution < -0.4 is 11.2 Å². The average molecular weight is 323 g/mol. The van der Waals surface area contributed by atoms with Crippen LogP contribution >= 0.6 is 11.3 Å². The number of rotatable bonds is 6. The van der Waals surface area contributed by atoms with Crippen molar-refractivity contribution in [2.45, 2.75) is 40.2 Å². The van der Waals surface area contributed by atoms with E-state index in [-0.39, 0.29) is 12.5 Å². The van der Waals surface area contributed by atoms with Crippen LogP contribution in [0.2, 0.25) is 0 Å². The van der Waals surface area contributed by atoms with Gasteiger partial charge in [-0.15, -0.1) is 11.3 Å². The molecule has 0 aliphatic carbocycles. The lowest BCUT2D eigenvalue weighted by Gasteiger charge is -2.21. The first kappa shape index (κ1) is 16.5. The molecule has 22 heavy (non-hydrogen) atoms. The van der Waals surface area contributed by atoms with E-state index in [1.54, 1.807) is 11.0 Å². The third-order valence-corrected chi connectivity index (χ3v) is 4.40. The molecule has 0 saturated heterocycles. The molecule has 6 nitrogen and oxygen atoms in total. The molecule has 0 aromatic carbocycles. The highest BCUT2D eigenvalue weighted by Gasteiger charge is 2.16. The molecule has 0 fully saturated rings. The second-order valence-corrected chi connectivity index (χ2v) is 6.56. The van der Waals surface area contributed by atoms with Crippen molar-refractivity contribution in [3.63, 3.8) is 0 Å². The summed E-state index contributed by atoms with van der Waals surface area (Å²) in [5.74, 6) is -0.192. The highest BCUT2D eigenvalue weighted by atomic mass is 32.1. The van der Waals surface area contributed by atoms with E-state index in [0.29, 0.717) is 23.3 Å². The molecule has 120 valence electrons. The zero-order chi connectivity index (χ0) is 16.3. The molecular weight excluding hydrogens is 302 g/mol. The minimum Gasteiger partial charge on any atom is -0.341 e. The number of carbonyl (C=O) groups excluding carboxylic acids is 1. The normalized spacial score (nSPS) is 11.0. The molecule has 0 aliphatic rings. The number of thiophene rings is 1. The zero-order valence-electron chi connectivity index (χ0n) is 13.1. The van der Waals surface area contributed by atoms with Gasteiger partial charge in [0.2, 0.25) is 5.91 Å². The molecule has 0 aliphatic heterocycles. The van der Waals surface area contributed by atoms with Crippen molar-refractivity contribution in [3.05, 3.63) is 31.8 Å². The van der Waals surface area contributed by atoms with Crippen LogP contribution in [0, 0.1) is 6.92 Å². The van der Waals surface area contributed by atoms with Crippen molar-refractivity contribution < 1.29 is 4.79 Å². The molecule has 2 aromatic heterocycles. The average Bonchev–Trinajstić information content (AvgIpc) is 2.83. The Morgan fingerprint density at radius 3 is 2.50 bits per heavy atom. The van der Waals surface area contributed by atoms with Gasteiger partial charge >= 0.3 is 5.69 Å². The van der Waals surface area contributed by atoms with E-state index >= 15 is 0 Å². The van der Waals surface area contributed by atoms with Crippen LogP contribution in [0.25, 0.3) is 10.2 Å². The van der Waals surface area contributed by atoms with Crippen LogP contribution in [-0.2, 0) is 11.3 Å². The number of fused-ring (bicyclic) bond motifs is 1. The molecular formula is C15H21N3O3S. The molecule has 1 N–H and O–H groups in total. The molecule has 0 bridgehead atoms. The Labute approximate surface area is 132 Å². The van der Waals surface area contributed by atoms with Gasteiger partial charge in [0.1, 0.15) is 11.4 Å². The Morgan fingerprint density at radius 2 is 1.91 bits per heavy atom. The van der Waals surface area contributed by atoms with Gasteiger partial charge in [-0.2, -0.15) is 0 Å². The molecule has 2 rings (SSSR count). The number of hydrogen-bond donors (Lipinski definition) is 1. The Hall–Kier alpha value is -1.89. The molecule has 7 heteroatoms. The third-order valence-electron chi connectivity index (χ3n) is 3.43. The predicted molar refractivity (Wildman–Crippen MR) is 88.6 cm³/mol. The minimum atomic E-state index is -0.527. The summed E-state index contributed by atoms with van der Waals surface area (Å²) in [6.45, 7) is 6.93. The smallest absolute Gasteiger partial charge is 0.329 e.